The molecule has 0 fully saturated rings. The number of hydrogen-bond acceptors (Lipinski definition) is 5. The van der Waals surface area contributed by atoms with Crippen molar-refractivity contribution in [2.75, 3.05) is 14.2 Å². The molecule has 122 valence electrons. The summed E-state index contributed by atoms with van der Waals surface area (Å²) in [5.74, 6) is 1.13. The van der Waals surface area contributed by atoms with Crippen LogP contribution in [0.3, 0.4) is 0 Å². The van der Waals surface area contributed by atoms with Gasteiger partial charge in [0.25, 0.3) is 0 Å². The lowest BCUT2D eigenvalue weighted by molar-refractivity contribution is -0.129. The van der Waals surface area contributed by atoms with E-state index in [1.165, 1.54) is 0 Å². The summed E-state index contributed by atoms with van der Waals surface area (Å²) in [7, 11) is 3.17. The fraction of sp³-hybridized carbons (Fsp3) is 0.111. The Bertz CT molecular complexity index is 841. The number of benzene rings is 2. The highest BCUT2D eigenvalue weighted by atomic mass is 79.9. The highest BCUT2D eigenvalue weighted by Gasteiger charge is 2.24. The van der Waals surface area contributed by atoms with Crippen LogP contribution < -0.4 is 9.47 Å². The van der Waals surface area contributed by atoms with Crippen LogP contribution in [0.15, 0.2) is 57.6 Å². The quantitative estimate of drug-likeness (QED) is 0.591. The van der Waals surface area contributed by atoms with E-state index in [4.69, 9.17) is 14.2 Å². The van der Waals surface area contributed by atoms with Crippen LogP contribution in [-0.4, -0.2) is 26.1 Å². The average molecular weight is 388 g/mol. The standard InChI is InChI=1S/C18H14BrNO4/c1-22-14-6-3-11(4-7-14)17-20-15(18(21)24-17)10-12-9-13(19)5-8-16(12)23-2/h3-10H,1-2H3/b15-10+. The smallest absolute Gasteiger partial charge is 0.363 e. The van der Waals surface area contributed by atoms with Crippen molar-refractivity contribution >= 4 is 33.9 Å². The minimum atomic E-state index is -0.497. The lowest BCUT2D eigenvalue weighted by Crippen LogP contribution is -2.05. The Morgan fingerprint density at radius 3 is 2.50 bits per heavy atom. The van der Waals surface area contributed by atoms with Crippen molar-refractivity contribution in [2.45, 2.75) is 0 Å². The van der Waals surface area contributed by atoms with Gasteiger partial charge in [-0.15, -0.1) is 0 Å². The van der Waals surface area contributed by atoms with Crippen LogP contribution >= 0.6 is 15.9 Å². The summed E-state index contributed by atoms with van der Waals surface area (Å²) in [6.45, 7) is 0. The molecule has 0 unspecified atom stereocenters. The van der Waals surface area contributed by atoms with E-state index in [-0.39, 0.29) is 11.6 Å². The van der Waals surface area contributed by atoms with Crippen molar-refractivity contribution in [2.24, 2.45) is 4.99 Å². The molecule has 0 amide bonds. The fourth-order valence-electron chi connectivity index (χ4n) is 2.23. The van der Waals surface area contributed by atoms with Crippen molar-refractivity contribution in [3.63, 3.8) is 0 Å². The molecule has 24 heavy (non-hydrogen) atoms. The largest absolute Gasteiger partial charge is 0.497 e. The third kappa shape index (κ3) is 3.33. The molecule has 0 saturated heterocycles. The van der Waals surface area contributed by atoms with Gasteiger partial charge in [0, 0.05) is 15.6 Å². The van der Waals surface area contributed by atoms with Crippen LogP contribution in [0.2, 0.25) is 0 Å². The first-order valence-corrected chi connectivity index (χ1v) is 7.90. The molecule has 2 aromatic rings. The Labute approximate surface area is 147 Å². The highest BCUT2D eigenvalue weighted by Crippen LogP contribution is 2.27. The van der Waals surface area contributed by atoms with Gasteiger partial charge in [-0.3, -0.25) is 0 Å². The number of halogens is 1. The first-order valence-electron chi connectivity index (χ1n) is 7.11. The number of hydrogen-bond donors (Lipinski definition) is 0. The van der Waals surface area contributed by atoms with Gasteiger partial charge in [-0.25, -0.2) is 9.79 Å². The van der Waals surface area contributed by atoms with E-state index in [1.807, 2.05) is 18.2 Å². The highest BCUT2D eigenvalue weighted by molar-refractivity contribution is 9.10. The third-order valence-electron chi connectivity index (χ3n) is 3.44. The van der Waals surface area contributed by atoms with E-state index in [2.05, 4.69) is 20.9 Å². The zero-order valence-corrected chi connectivity index (χ0v) is 14.7. The molecule has 1 aliphatic heterocycles. The van der Waals surface area contributed by atoms with Gasteiger partial charge in [0.2, 0.25) is 5.90 Å². The summed E-state index contributed by atoms with van der Waals surface area (Å²) in [6.07, 6.45) is 1.64. The van der Waals surface area contributed by atoms with Crippen molar-refractivity contribution in [3.8, 4) is 11.5 Å². The van der Waals surface area contributed by atoms with Gasteiger partial charge >= 0.3 is 5.97 Å². The second-order valence-corrected chi connectivity index (χ2v) is 5.87. The van der Waals surface area contributed by atoms with Crippen LogP contribution in [-0.2, 0) is 9.53 Å². The van der Waals surface area contributed by atoms with Gasteiger partial charge < -0.3 is 14.2 Å². The first-order chi connectivity index (χ1) is 11.6. The number of nitrogens with zero attached hydrogens (tertiary/aromatic N) is 1. The van der Waals surface area contributed by atoms with Gasteiger partial charge in [0.1, 0.15) is 11.5 Å². The topological polar surface area (TPSA) is 57.1 Å². The van der Waals surface area contributed by atoms with Crippen molar-refractivity contribution in [1.82, 2.24) is 0 Å². The van der Waals surface area contributed by atoms with Gasteiger partial charge in [0.15, 0.2) is 5.70 Å². The molecule has 5 nitrogen and oxygen atoms in total. The van der Waals surface area contributed by atoms with E-state index < -0.39 is 5.97 Å². The van der Waals surface area contributed by atoms with Crippen LogP contribution in [0.4, 0.5) is 0 Å². The average Bonchev–Trinajstić information content (AvgIpc) is 2.96. The van der Waals surface area contributed by atoms with E-state index in [0.29, 0.717) is 11.3 Å². The normalized spacial score (nSPS) is 15.2. The minimum absolute atomic E-state index is 0.220. The SMILES string of the molecule is COc1ccc(C2=N/C(=C/c3cc(Br)ccc3OC)C(=O)O2)cc1. The Morgan fingerprint density at radius 2 is 1.83 bits per heavy atom. The number of ether oxygens (including phenoxy) is 3. The molecule has 3 rings (SSSR count). The summed E-state index contributed by atoms with van der Waals surface area (Å²) in [4.78, 5) is 16.4. The molecule has 0 radical (unpaired) electrons. The molecule has 0 atom stereocenters. The number of methoxy groups -OCH3 is 2. The first kappa shape index (κ1) is 16.3. The van der Waals surface area contributed by atoms with Gasteiger partial charge in [0.05, 0.1) is 14.2 Å². The Kier molecular flexibility index (Phi) is 4.66. The second kappa shape index (κ2) is 6.88. The molecular weight excluding hydrogens is 374 g/mol. The Morgan fingerprint density at radius 1 is 1.08 bits per heavy atom. The summed E-state index contributed by atoms with van der Waals surface area (Å²) in [5, 5.41) is 0. The summed E-state index contributed by atoms with van der Waals surface area (Å²) >= 11 is 3.40. The number of aliphatic imine (C=N–C) groups is 1. The molecule has 0 bridgehead atoms. The summed E-state index contributed by atoms with van der Waals surface area (Å²) < 4.78 is 16.6. The van der Waals surface area contributed by atoms with Crippen molar-refractivity contribution in [1.29, 1.82) is 0 Å². The molecular formula is C18H14BrNO4. The fourth-order valence-corrected chi connectivity index (χ4v) is 2.61. The number of rotatable bonds is 4. The van der Waals surface area contributed by atoms with Crippen LogP contribution in [0.25, 0.3) is 6.08 Å². The Hall–Kier alpha value is -2.60. The molecule has 2 aromatic carbocycles. The summed E-state index contributed by atoms with van der Waals surface area (Å²) in [6, 6.07) is 12.7. The van der Waals surface area contributed by atoms with Gasteiger partial charge in [-0.05, 0) is 48.5 Å². The summed E-state index contributed by atoms with van der Waals surface area (Å²) in [5.41, 5.74) is 1.66. The molecule has 0 aliphatic carbocycles. The number of carbonyl (C=O) groups is 1. The molecule has 0 aromatic heterocycles. The van der Waals surface area contributed by atoms with Crippen LogP contribution in [0.1, 0.15) is 11.1 Å². The van der Waals surface area contributed by atoms with E-state index >= 15 is 0 Å². The molecule has 6 heteroatoms. The van der Waals surface area contributed by atoms with Gasteiger partial charge in [-0.1, -0.05) is 15.9 Å². The molecule has 0 spiro atoms. The molecule has 1 heterocycles. The predicted octanol–water partition coefficient (Wildman–Crippen LogP) is 3.81. The van der Waals surface area contributed by atoms with Crippen LogP contribution in [0, 0.1) is 0 Å². The number of carbonyl (C=O) groups excluding carboxylic acids is 1. The molecule has 1 aliphatic rings. The maximum absolute atomic E-state index is 12.1. The van der Waals surface area contributed by atoms with Crippen molar-refractivity contribution < 1.29 is 19.0 Å². The lowest BCUT2D eigenvalue weighted by Gasteiger charge is -2.04. The van der Waals surface area contributed by atoms with Gasteiger partial charge in [-0.2, -0.15) is 0 Å². The van der Waals surface area contributed by atoms with Crippen LogP contribution in [0.5, 0.6) is 11.5 Å². The minimum Gasteiger partial charge on any atom is -0.497 e. The van der Waals surface area contributed by atoms with E-state index in [0.717, 1.165) is 15.8 Å². The zero-order chi connectivity index (χ0) is 17.1. The Balaban J connectivity index is 1.95. The van der Waals surface area contributed by atoms with E-state index in [1.54, 1.807) is 44.6 Å². The maximum Gasteiger partial charge on any atom is 0.363 e. The molecule has 0 N–H and O–H groups in total. The third-order valence-corrected chi connectivity index (χ3v) is 3.93. The predicted molar refractivity (Wildman–Crippen MR) is 94.3 cm³/mol. The monoisotopic (exact) mass is 387 g/mol. The number of cyclic esters (lactones) is 1. The van der Waals surface area contributed by atoms with E-state index in [9.17, 15) is 4.79 Å². The maximum atomic E-state index is 12.1. The molecule has 0 saturated carbocycles. The van der Waals surface area contributed by atoms with Crippen molar-refractivity contribution in [3.05, 3.63) is 63.8 Å². The lowest BCUT2D eigenvalue weighted by atomic mass is 10.1. The zero-order valence-electron chi connectivity index (χ0n) is 13.1. The second-order valence-electron chi connectivity index (χ2n) is 4.95. The number of esters is 1.